The zero-order chi connectivity index (χ0) is 16.2. The highest BCUT2D eigenvalue weighted by atomic mass is 16.5. The highest BCUT2D eigenvalue weighted by Crippen LogP contribution is 2.30. The first-order chi connectivity index (χ1) is 11.2. The molecule has 0 aliphatic carbocycles. The van der Waals surface area contributed by atoms with Crippen LogP contribution in [0.1, 0.15) is 43.4 Å². The van der Waals surface area contributed by atoms with Gasteiger partial charge in [0.05, 0.1) is 12.5 Å². The van der Waals surface area contributed by atoms with Crippen molar-refractivity contribution >= 4 is 11.8 Å². The van der Waals surface area contributed by atoms with Crippen LogP contribution in [0.15, 0.2) is 24.3 Å². The number of rotatable bonds is 5. The molecule has 1 aromatic rings. The number of carbonyl (C=O) groups is 2. The van der Waals surface area contributed by atoms with Gasteiger partial charge in [-0.3, -0.25) is 9.59 Å². The molecule has 0 aromatic heterocycles. The Morgan fingerprint density at radius 1 is 1.39 bits per heavy atom. The molecular weight excluding hydrogens is 292 g/mol. The van der Waals surface area contributed by atoms with Gasteiger partial charge in [-0.2, -0.15) is 0 Å². The van der Waals surface area contributed by atoms with Gasteiger partial charge < -0.3 is 15.0 Å². The molecule has 5 nitrogen and oxygen atoms in total. The Hall–Kier alpha value is -1.88. The third-order valence-electron chi connectivity index (χ3n) is 4.56. The van der Waals surface area contributed by atoms with Crippen molar-refractivity contribution in [3.05, 3.63) is 35.4 Å². The molecule has 1 N–H and O–H groups in total. The van der Waals surface area contributed by atoms with Gasteiger partial charge in [-0.05, 0) is 30.4 Å². The SMILES string of the molecule is CCCN1C(=O)Cc2ccccc2C1C(=O)NCC1CCCO1. The monoisotopic (exact) mass is 316 g/mol. The van der Waals surface area contributed by atoms with Crippen LogP contribution >= 0.6 is 0 Å². The van der Waals surface area contributed by atoms with Gasteiger partial charge in [0.2, 0.25) is 11.8 Å². The normalized spacial score (nSPS) is 23.7. The summed E-state index contributed by atoms with van der Waals surface area (Å²) in [5, 5.41) is 2.99. The maximum Gasteiger partial charge on any atom is 0.247 e. The molecule has 1 fully saturated rings. The van der Waals surface area contributed by atoms with E-state index < -0.39 is 6.04 Å². The topological polar surface area (TPSA) is 58.6 Å². The Morgan fingerprint density at radius 3 is 2.96 bits per heavy atom. The van der Waals surface area contributed by atoms with Crippen LogP contribution in [-0.2, 0) is 20.7 Å². The number of hydrogen-bond donors (Lipinski definition) is 1. The Kier molecular flexibility index (Phi) is 4.96. The van der Waals surface area contributed by atoms with E-state index in [2.05, 4.69) is 5.32 Å². The number of hydrogen-bond acceptors (Lipinski definition) is 3. The number of ether oxygens (including phenoxy) is 1. The molecule has 2 aliphatic rings. The van der Waals surface area contributed by atoms with Crippen LogP contribution in [0.5, 0.6) is 0 Å². The van der Waals surface area contributed by atoms with Crippen LogP contribution < -0.4 is 5.32 Å². The summed E-state index contributed by atoms with van der Waals surface area (Å²) in [5.41, 5.74) is 1.91. The smallest absolute Gasteiger partial charge is 0.247 e. The fourth-order valence-electron chi connectivity index (χ4n) is 3.43. The van der Waals surface area contributed by atoms with E-state index in [9.17, 15) is 9.59 Å². The van der Waals surface area contributed by atoms with Gasteiger partial charge in [-0.15, -0.1) is 0 Å². The third kappa shape index (κ3) is 3.39. The minimum atomic E-state index is -0.520. The van der Waals surface area contributed by atoms with E-state index in [1.54, 1.807) is 4.90 Å². The van der Waals surface area contributed by atoms with Crippen molar-refractivity contribution in [3.8, 4) is 0 Å². The Bertz CT molecular complexity index is 581. The van der Waals surface area contributed by atoms with Crippen molar-refractivity contribution in [1.29, 1.82) is 0 Å². The molecule has 1 aromatic carbocycles. The third-order valence-corrected chi connectivity index (χ3v) is 4.56. The minimum Gasteiger partial charge on any atom is -0.376 e. The van der Waals surface area contributed by atoms with Crippen LogP contribution in [0.2, 0.25) is 0 Å². The average molecular weight is 316 g/mol. The van der Waals surface area contributed by atoms with Gasteiger partial charge in [0, 0.05) is 19.7 Å². The lowest BCUT2D eigenvalue weighted by Gasteiger charge is -2.36. The highest BCUT2D eigenvalue weighted by Gasteiger charge is 2.36. The summed E-state index contributed by atoms with van der Waals surface area (Å²) in [6, 6.07) is 7.23. The van der Waals surface area contributed by atoms with Crippen molar-refractivity contribution in [3.63, 3.8) is 0 Å². The number of amides is 2. The minimum absolute atomic E-state index is 0.0304. The molecule has 124 valence electrons. The Morgan fingerprint density at radius 2 is 2.22 bits per heavy atom. The lowest BCUT2D eigenvalue weighted by Crippen LogP contribution is -2.48. The second-order valence-electron chi connectivity index (χ2n) is 6.25. The van der Waals surface area contributed by atoms with Gasteiger partial charge in [-0.1, -0.05) is 31.2 Å². The second kappa shape index (κ2) is 7.13. The fourth-order valence-corrected chi connectivity index (χ4v) is 3.43. The molecule has 2 unspecified atom stereocenters. The Labute approximate surface area is 137 Å². The van der Waals surface area contributed by atoms with E-state index in [4.69, 9.17) is 4.74 Å². The van der Waals surface area contributed by atoms with Crippen LogP contribution in [0.3, 0.4) is 0 Å². The van der Waals surface area contributed by atoms with Crippen molar-refractivity contribution in [2.45, 2.75) is 44.8 Å². The van der Waals surface area contributed by atoms with E-state index in [0.29, 0.717) is 19.5 Å². The molecule has 2 aliphatic heterocycles. The van der Waals surface area contributed by atoms with Crippen molar-refractivity contribution < 1.29 is 14.3 Å². The quantitative estimate of drug-likeness (QED) is 0.901. The molecule has 2 heterocycles. The zero-order valence-electron chi connectivity index (χ0n) is 13.6. The zero-order valence-corrected chi connectivity index (χ0v) is 13.6. The molecule has 2 amide bonds. The summed E-state index contributed by atoms with van der Waals surface area (Å²) in [6.45, 7) is 3.92. The summed E-state index contributed by atoms with van der Waals surface area (Å²) in [6.07, 6.45) is 3.36. The number of carbonyl (C=O) groups excluding carboxylic acids is 2. The number of nitrogens with one attached hydrogen (secondary N) is 1. The van der Waals surface area contributed by atoms with E-state index >= 15 is 0 Å². The predicted octanol–water partition coefficient (Wildman–Crippen LogP) is 1.82. The molecule has 0 bridgehead atoms. The number of nitrogens with zero attached hydrogens (tertiary/aromatic N) is 1. The maximum atomic E-state index is 12.8. The van der Waals surface area contributed by atoms with Gasteiger partial charge in [0.15, 0.2) is 0 Å². The van der Waals surface area contributed by atoms with E-state index in [1.165, 1.54) is 0 Å². The summed E-state index contributed by atoms with van der Waals surface area (Å²) < 4.78 is 5.56. The molecule has 0 saturated carbocycles. The first-order valence-corrected chi connectivity index (χ1v) is 8.47. The standard InChI is InChI=1S/C18H24N2O3/c1-2-9-20-16(21)11-13-6-3-4-8-15(13)17(20)18(22)19-12-14-7-5-10-23-14/h3-4,6,8,14,17H,2,5,7,9-12H2,1H3,(H,19,22). The van der Waals surface area contributed by atoms with Crippen molar-refractivity contribution in [1.82, 2.24) is 10.2 Å². The van der Waals surface area contributed by atoms with Crippen LogP contribution in [0, 0.1) is 0 Å². The molecule has 3 rings (SSSR count). The van der Waals surface area contributed by atoms with E-state index in [-0.39, 0.29) is 17.9 Å². The summed E-state index contributed by atoms with van der Waals surface area (Å²) >= 11 is 0. The molecule has 2 atom stereocenters. The molecule has 5 heteroatoms. The second-order valence-corrected chi connectivity index (χ2v) is 6.25. The Balaban J connectivity index is 1.79. The molecule has 23 heavy (non-hydrogen) atoms. The van der Waals surface area contributed by atoms with Gasteiger partial charge in [0.1, 0.15) is 6.04 Å². The van der Waals surface area contributed by atoms with Crippen molar-refractivity contribution in [2.75, 3.05) is 19.7 Å². The first kappa shape index (κ1) is 16.0. The first-order valence-electron chi connectivity index (χ1n) is 8.47. The molecule has 0 radical (unpaired) electrons. The van der Waals surface area contributed by atoms with Gasteiger partial charge in [-0.25, -0.2) is 0 Å². The van der Waals surface area contributed by atoms with Crippen LogP contribution in [0.4, 0.5) is 0 Å². The van der Waals surface area contributed by atoms with Gasteiger partial charge in [0.25, 0.3) is 0 Å². The lowest BCUT2D eigenvalue weighted by molar-refractivity contribution is -0.141. The van der Waals surface area contributed by atoms with E-state index in [0.717, 1.165) is 37.0 Å². The number of fused-ring (bicyclic) bond motifs is 1. The van der Waals surface area contributed by atoms with Crippen molar-refractivity contribution in [2.24, 2.45) is 0 Å². The lowest BCUT2D eigenvalue weighted by atomic mass is 9.91. The van der Waals surface area contributed by atoms with E-state index in [1.807, 2.05) is 31.2 Å². The van der Waals surface area contributed by atoms with Gasteiger partial charge >= 0.3 is 0 Å². The largest absolute Gasteiger partial charge is 0.376 e. The summed E-state index contributed by atoms with van der Waals surface area (Å²) in [7, 11) is 0. The maximum absolute atomic E-state index is 12.8. The van der Waals surface area contributed by atoms with Crippen LogP contribution in [0.25, 0.3) is 0 Å². The molecular formula is C18H24N2O3. The summed E-state index contributed by atoms with van der Waals surface area (Å²) in [5.74, 6) is -0.0720. The molecule has 0 spiro atoms. The van der Waals surface area contributed by atoms with Crippen LogP contribution in [-0.4, -0.2) is 42.5 Å². The molecule has 1 saturated heterocycles. The summed E-state index contributed by atoms with van der Waals surface area (Å²) in [4.78, 5) is 26.9. The fraction of sp³-hybridized carbons (Fsp3) is 0.556. The highest BCUT2D eigenvalue weighted by molar-refractivity contribution is 5.92. The average Bonchev–Trinajstić information content (AvgIpc) is 3.07. The predicted molar refractivity (Wildman–Crippen MR) is 86.9 cm³/mol. The number of benzene rings is 1.